The van der Waals surface area contributed by atoms with E-state index in [0.717, 1.165) is 22.3 Å². The van der Waals surface area contributed by atoms with E-state index in [4.69, 9.17) is 0 Å². The van der Waals surface area contributed by atoms with Gasteiger partial charge in [0.1, 0.15) is 5.76 Å². The number of aliphatic hydroxyl groups excluding tert-OH is 1. The number of pyridine rings is 1. The number of hydrogen-bond donors (Lipinski definition) is 3. The highest BCUT2D eigenvalue weighted by Crippen LogP contribution is 2.35. The van der Waals surface area contributed by atoms with Gasteiger partial charge >= 0.3 is 5.97 Å². The second-order valence-electron chi connectivity index (χ2n) is 8.36. The zero-order valence-corrected chi connectivity index (χ0v) is 18.1. The summed E-state index contributed by atoms with van der Waals surface area (Å²) in [7, 11) is 0. The van der Waals surface area contributed by atoms with Crippen molar-refractivity contribution in [3.05, 3.63) is 93.9 Å². The minimum atomic E-state index is -1.06. The molecule has 0 aliphatic heterocycles. The summed E-state index contributed by atoms with van der Waals surface area (Å²) in [5.41, 5.74) is 4.54. The molecule has 1 unspecified atom stereocenters. The lowest BCUT2D eigenvalue weighted by Gasteiger charge is -2.26. The summed E-state index contributed by atoms with van der Waals surface area (Å²) in [5, 5.41) is 22.2. The Morgan fingerprint density at radius 2 is 2.03 bits per heavy atom. The topological polar surface area (TPSA) is 99.5 Å². The molecule has 1 aromatic heterocycles. The van der Waals surface area contributed by atoms with E-state index in [1.165, 1.54) is 12.3 Å². The first kappa shape index (κ1) is 22.5. The van der Waals surface area contributed by atoms with Gasteiger partial charge in [-0.05, 0) is 78.5 Å². The second kappa shape index (κ2) is 9.81. The van der Waals surface area contributed by atoms with Crippen LogP contribution in [0.3, 0.4) is 0 Å². The van der Waals surface area contributed by atoms with E-state index in [-0.39, 0.29) is 36.0 Å². The standard InChI is InChI=1S/C26H25FN2O4/c27-24-11-7-20(15-28-24)19-6-10-23(22(14-19)26(32)33)29-25(31)12-2-16-1-3-17-4-8-21(30)9-5-18(17)13-16/h1,3,5,7-9,11,13,15,19,30H,2,4,6,10,12,14H2,(H,29,31)(H,32,33). The molecule has 0 radical (unpaired) electrons. The van der Waals surface area contributed by atoms with Crippen molar-refractivity contribution in [1.29, 1.82) is 0 Å². The number of halogens is 1. The lowest BCUT2D eigenvalue weighted by Crippen LogP contribution is -2.29. The number of carbonyl (C=O) groups excluding carboxylic acids is 1. The molecule has 1 amide bonds. The normalized spacial score (nSPS) is 17.7. The summed E-state index contributed by atoms with van der Waals surface area (Å²) in [5.74, 6) is -1.70. The van der Waals surface area contributed by atoms with Crippen LogP contribution in [0.2, 0.25) is 0 Å². The fourth-order valence-electron chi connectivity index (χ4n) is 4.30. The smallest absolute Gasteiger partial charge is 0.333 e. The number of fused-ring (bicyclic) bond motifs is 1. The number of nitrogens with one attached hydrogen (secondary N) is 1. The van der Waals surface area contributed by atoms with Crippen molar-refractivity contribution in [2.24, 2.45) is 0 Å². The Labute approximate surface area is 191 Å². The van der Waals surface area contributed by atoms with Crippen LogP contribution in [0.4, 0.5) is 4.39 Å². The van der Waals surface area contributed by atoms with Gasteiger partial charge in [0.15, 0.2) is 0 Å². The Balaban J connectivity index is 1.39. The van der Waals surface area contributed by atoms with Gasteiger partial charge in [-0.3, -0.25) is 4.79 Å². The van der Waals surface area contributed by atoms with Gasteiger partial charge in [-0.15, -0.1) is 0 Å². The number of aliphatic carboxylic acids is 1. The number of aliphatic hydroxyl groups is 1. The molecular formula is C26H25FN2O4. The molecule has 1 heterocycles. The molecule has 0 spiro atoms. The molecule has 7 heteroatoms. The van der Waals surface area contributed by atoms with Crippen molar-refractivity contribution in [2.45, 2.75) is 44.4 Å². The Hall–Kier alpha value is -3.74. The number of carbonyl (C=O) groups is 2. The number of carboxylic acid groups (broad SMARTS) is 1. The summed E-state index contributed by atoms with van der Waals surface area (Å²) < 4.78 is 13.1. The number of nitrogens with zero attached hydrogens (tertiary/aromatic N) is 1. The molecule has 0 saturated carbocycles. The van der Waals surface area contributed by atoms with Gasteiger partial charge in [0.05, 0.1) is 5.57 Å². The summed E-state index contributed by atoms with van der Waals surface area (Å²) in [4.78, 5) is 28.1. The predicted molar refractivity (Wildman–Crippen MR) is 122 cm³/mol. The molecule has 33 heavy (non-hydrogen) atoms. The minimum Gasteiger partial charge on any atom is -0.508 e. The van der Waals surface area contributed by atoms with Gasteiger partial charge in [-0.2, -0.15) is 4.39 Å². The SMILES string of the molecule is O=C(CCc1ccc2c(c1)C=CC(O)=CC2)NC1=C(C(=O)O)CC(c2ccc(F)nc2)CC1. The quantitative estimate of drug-likeness (QED) is 0.562. The number of rotatable bonds is 6. The fraction of sp³-hybridized carbons (Fsp3) is 0.269. The van der Waals surface area contributed by atoms with Crippen LogP contribution in [-0.4, -0.2) is 27.1 Å². The molecule has 2 aliphatic carbocycles. The van der Waals surface area contributed by atoms with Gasteiger partial charge < -0.3 is 15.5 Å². The van der Waals surface area contributed by atoms with Crippen LogP contribution in [-0.2, 0) is 22.4 Å². The molecule has 170 valence electrons. The number of benzene rings is 1. The van der Waals surface area contributed by atoms with E-state index in [0.29, 0.717) is 31.4 Å². The average molecular weight is 448 g/mol. The van der Waals surface area contributed by atoms with Crippen LogP contribution in [0.5, 0.6) is 0 Å². The van der Waals surface area contributed by atoms with Crippen LogP contribution < -0.4 is 5.32 Å². The molecule has 4 rings (SSSR count). The third-order valence-electron chi connectivity index (χ3n) is 6.14. The molecule has 2 aromatic rings. The fourth-order valence-corrected chi connectivity index (χ4v) is 4.30. The van der Waals surface area contributed by atoms with Crippen LogP contribution >= 0.6 is 0 Å². The highest BCUT2D eigenvalue weighted by atomic mass is 19.1. The van der Waals surface area contributed by atoms with E-state index in [9.17, 15) is 24.2 Å². The first-order chi connectivity index (χ1) is 15.9. The molecule has 0 bridgehead atoms. The predicted octanol–water partition coefficient (Wildman–Crippen LogP) is 4.59. The Bertz CT molecular complexity index is 1170. The molecule has 1 atom stereocenters. The Kier molecular flexibility index (Phi) is 6.68. The third-order valence-corrected chi connectivity index (χ3v) is 6.14. The number of allylic oxidation sites excluding steroid dienone is 3. The maximum atomic E-state index is 13.1. The molecule has 2 aliphatic rings. The first-order valence-electron chi connectivity index (χ1n) is 10.9. The van der Waals surface area contributed by atoms with E-state index < -0.39 is 11.9 Å². The van der Waals surface area contributed by atoms with Crippen molar-refractivity contribution in [2.75, 3.05) is 0 Å². The van der Waals surface area contributed by atoms with E-state index >= 15 is 0 Å². The van der Waals surface area contributed by atoms with Gasteiger partial charge in [-0.1, -0.05) is 30.3 Å². The maximum absolute atomic E-state index is 13.1. The second-order valence-corrected chi connectivity index (χ2v) is 8.36. The van der Waals surface area contributed by atoms with E-state index in [1.54, 1.807) is 18.2 Å². The minimum absolute atomic E-state index is 0.0774. The van der Waals surface area contributed by atoms with Crippen molar-refractivity contribution < 1.29 is 24.2 Å². The van der Waals surface area contributed by atoms with Crippen molar-refractivity contribution in [1.82, 2.24) is 10.3 Å². The number of carboxylic acids is 1. The molecule has 3 N–H and O–H groups in total. The Morgan fingerprint density at radius 1 is 1.18 bits per heavy atom. The zero-order chi connectivity index (χ0) is 23.4. The number of amides is 1. The third kappa shape index (κ3) is 5.55. The van der Waals surface area contributed by atoms with Crippen LogP contribution in [0.1, 0.15) is 53.9 Å². The van der Waals surface area contributed by atoms with Gasteiger partial charge in [-0.25, -0.2) is 9.78 Å². The number of hydrogen-bond acceptors (Lipinski definition) is 4. The van der Waals surface area contributed by atoms with Crippen LogP contribution in [0, 0.1) is 5.95 Å². The first-order valence-corrected chi connectivity index (χ1v) is 10.9. The van der Waals surface area contributed by atoms with Crippen molar-refractivity contribution >= 4 is 18.0 Å². The van der Waals surface area contributed by atoms with Crippen LogP contribution in [0.25, 0.3) is 6.08 Å². The van der Waals surface area contributed by atoms with Gasteiger partial charge in [0.2, 0.25) is 11.9 Å². The van der Waals surface area contributed by atoms with Crippen molar-refractivity contribution in [3.63, 3.8) is 0 Å². The lowest BCUT2D eigenvalue weighted by molar-refractivity contribution is -0.133. The molecule has 1 aromatic carbocycles. The molecule has 6 nitrogen and oxygen atoms in total. The monoisotopic (exact) mass is 448 g/mol. The average Bonchev–Trinajstić information content (AvgIpc) is 2.99. The van der Waals surface area contributed by atoms with Crippen LogP contribution in [0.15, 0.2) is 65.7 Å². The van der Waals surface area contributed by atoms with E-state index in [2.05, 4.69) is 10.3 Å². The number of aromatic nitrogens is 1. The summed E-state index contributed by atoms with van der Waals surface area (Å²) in [6.07, 6.45) is 9.44. The summed E-state index contributed by atoms with van der Waals surface area (Å²) >= 11 is 0. The highest BCUT2D eigenvalue weighted by molar-refractivity contribution is 5.89. The maximum Gasteiger partial charge on any atom is 0.333 e. The molecule has 0 saturated heterocycles. The molecule has 0 fully saturated rings. The summed E-state index contributed by atoms with van der Waals surface area (Å²) in [6, 6.07) is 8.88. The lowest BCUT2D eigenvalue weighted by atomic mass is 9.82. The van der Waals surface area contributed by atoms with Gasteiger partial charge in [0, 0.05) is 18.3 Å². The number of aryl methyl sites for hydroxylation is 1. The highest BCUT2D eigenvalue weighted by Gasteiger charge is 2.27. The summed E-state index contributed by atoms with van der Waals surface area (Å²) in [6.45, 7) is 0. The van der Waals surface area contributed by atoms with Crippen molar-refractivity contribution in [3.8, 4) is 0 Å². The largest absolute Gasteiger partial charge is 0.508 e. The van der Waals surface area contributed by atoms with Gasteiger partial charge in [0.25, 0.3) is 0 Å². The molecular weight excluding hydrogens is 423 g/mol. The Morgan fingerprint density at radius 3 is 2.79 bits per heavy atom. The van der Waals surface area contributed by atoms with E-state index in [1.807, 2.05) is 24.3 Å². The zero-order valence-electron chi connectivity index (χ0n) is 18.1.